The zero-order valence-electron chi connectivity index (χ0n) is 18.6. The number of benzene rings is 1. The quantitative estimate of drug-likeness (QED) is 0.580. The molecule has 1 fully saturated rings. The fourth-order valence-corrected chi connectivity index (χ4v) is 6.21. The lowest BCUT2D eigenvalue weighted by Crippen LogP contribution is -2.50. The smallest absolute Gasteiger partial charge is 0.253 e. The number of amides is 1. The molecule has 0 radical (unpaired) electrons. The number of anilines is 1. The Balaban J connectivity index is 1.18. The normalized spacial score (nSPS) is 17.2. The highest BCUT2D eigenvalue weighted by Gasteiger charge is 2.27. The molecule has 0 saturated carbocycles. The maximum atomic E-state index is 12.9. The van der Waals surface area contributed by atoms with Crippen LogP contribution in [0.1, 0.15) is 34.5 Å². The van der Waals surface area contributed by atoms with E-state index < -0.39 is 10.0 Å². The number of H-pyrrole nitrogens is 1. The first-order valence-corrected chi connectivity index (χ1v) is 13.2. The Bertz CT molecular complexity index is 1250. The number of fused-ring (bicyclic) bond motifs is 3. The van der Waals surface area contributed by atoms with Gasteiger partial charge in [0.1, 0.15) is 5.82 Å². The van der Waals surface area contributed by atoms with E-state index in [1.54, 1.807) is 12.3 Å². The van der Waals surface area contributed by atoms with Crippen molar-refractivity contribution in [2.45, 2.75) is 25.7 Å². The molecule has 1 aromatic carbocycles. The lowest BCUT2D eigenvalue weighted by Gasteiger charge is -2.34. The monoisotopic (exact) mass is 467 g/mol. The van der Waals surface area contributed by atoms with Crippen LogP contribution in [0.2, 0.25) is 0 Å². The Hall–Kier alpha value is -2.91. The van der Waals surface area contributed by atoms with Crippen LogP contribution in [0.5, 0.6) is 0 Å². The van der Waals surface area contributed by atoms with Crippen LogP contribution in [0.15, 0.2) is 42.6 Å². The molecule has 2 aliphatic rings. The van der Waals surface area contributed by atoms with Crippen molar-refractivity contribution in [1.29, 1.82) is 0 Å². The predicted octanol–water partition coefficient (Wildman–Crippen LogP) is 2.32. The molecule has 1 saturated heterocycles. The van der Waals surface area contributed by atoms with E-state index in [1.165, 1.54) is 22.0 Å². The number of carbonyl (C=O) groups is 1. The number of sulfonamides is 1. The third kappa shape index (κ3) is 4.47. The molecule has 174 valence electrons. The molecule has 1 aliphatic heterocycles. The summed E-state index contributed by atoms with van der Waals surface area (Å²) in [6.07, 6.45) is 6.12. The van der Waals surface area contributed by atoms with Crippen molar-refractivity contribution < 1.29 is 13.2 Å². The summed E-state index contributed by atoms with van der Waals surface area (Å²) in [6, 6.07) is 11.5. The van der Waals surface area contributed by atoms with E-state index in [2.05, 4.69) is 26.3 Å². The molecule has 3 aromatic rings. The second kappa shape index (κ2) is 9.15. The van der Waals surface area contributed by atoms with Crippen LogP contribution in [-0.4, -0.2) is 67.1 Å². The van der Waals surface area contributed by atoms with E-state index in [9.17, 15) is 13.2 Å². The third-order valence-electron chi connectivity index (χ3n) is 6.63. The van der Waals surface area contributed by atoms with Crippen molar-refractivity contribution in [2.75, 3.05) is 43.4 Å². The SMILES string of the molecule is O=C(NCCS(=O)(=O)N1CCN(c2ccccn2)CC1)c1cccc2c3c([nH]c12)CCCC3. The molecule has 1 amide bonds. The summed E-state index contributed by atoms with van der Waals surface area (Å²) >= 11 is 0. The van der Waals surface area contributed by atoms with E-state index in [1.807, 2.05) is 24.3 Å². The lowest BCUT2D eigenvalue weighted by atomic mass is 9.95. The van der Waals surface area contributed by atoms with Crippen LogP contribution in [0, 0.1) is 0 Å². The molecule has 9 heteroatoms. The molecular formula is C24H29N5O3S. The molecule has 1 aliphatic carbocycles. The first-order chi connectivity index (χ1) is 16.0. The van der Waals surface area contributed by atoms with Crippen molar-refractivity contribution >= 4 is 32.7 Å². The lowest BCUT2D eigenvalue weighted by molar-refractivity contribution is 0.0957. The highest BCUT2D eigenvalue weighted by molar-refractivity contribution is 7.89. The van der Waals surface area contributed by atoms with Gasteiger partial charge in [-0.1, -0.05) is 18.2 Å². The number of hydrogen-bond acceptors (Lipinski definition) is 5. The summed E-state index contributed by atoms with van der Waals surface area (Å²) < 4.78 is 27.2. The van der Waals surface area contributed by atoms with Gasteiger partial charge in [-0.3, -0.25) is 4.79 Å². The van der Waals surface area contributed by atoms with Crippen molar-refractivity contribution in [2.24, 2.45) is 0 Å². The van der Waals surface area contributed by atoms with Gasteiger partial charge in [0.25, 0.3) is 5.91 Å². The molecule has 0 unspecified atom stereocenters. The molecule has 3 heterocycles. The number of rotatable bonds is 6. The summed E-state index contributed by atoms with van der Waals surface area (Å²) in [5.74, 6) is 0.510. The summed E-state index contributed by atoms with van der Waals surface area (Å²) in [7, 11) is -3.45. The Kier molecular flexibility index (Phi) is 6.07. The second-order valence-corrected chi connectivity index (χ2v) is 10.8. The van der Waals surface area contributed by atoms with Crippen LogP contribution in [0.3, 0.4) is 0 Å². The average molecular weight is 468 g/mol. The van der Waals surface area contributed by atoms with Gasteiger partial charge in [-0.2, -0.15) is 4.31 Å². The van der Waals surface area contributed by atoms with Crippen LogP contribution in [-0.2, 0) is 22.9 Å². The minimum absolute atomic E-state index is 0.0818. The van der Waals surface area contributed by atoms with E-state index in [4.69, 9.17) is 0 Å². The Morgan fingerprint density at radius 1 is 1.03 bits per heavy atom. The van der Waals surface area contributed by atoms with Crippen molar-refractivity contribution in [3.63, 3.8) is 0 Å². The second-order valence-electron chi connectivity index (χ2n) is 8.66. The van der Waals surface area contributed by atoms with Gasteiger partial charge >= 0.3 is 0 Å². The number of nitrogens with one attached hydrogen (secondary N) is 2. The van der Waals surface area contributed by atoms with E-state index >= 15 is 0 Å². The standard InChI is InChI=1S/C24H29N5O3S/c30-24(20-8-5-7-19-18-6-1-2-9-21(18)27-23(19)20)26-12-17-33(31,32)29-15-13-28(14-16-29)22-10-3-4-11-25-22/h3-5,7-8,10-11,27H,1-2,6,9,12-17H2,(H,26,30). The van der Waals surface area contributed by atoms with Gasteiger partial charge in [0.2, 0.25) is 10.0 Å². The molecule has 5 rings (SSSR count). The maximum absolute atomic E-state index is 12.9. The van der Waals surface area contributed by atoms with Gasteiger partial charge in [0.05, 0.1) is 16.8 Å². The molecule has 0 spiro atoms. The van der Waals surface area contributed by atoms with Gasteiger partial charge in [0, 0.05) is 50.0 Å². The number of pyridine rings is 1. The number of nitrogens with zero attached hydrogens (tertiary/aromatic N) is 3. The van der Waals surface area contributed by atoms with Crippen LogP contribution in [0.25, 0.3) is 10.9 Å². The largest absolute Gasteiger partial charge is 0.358 e. The van der Waals surface area contributed by atoms with E-state index in [-0.39, 0.29) is 18.2 Å². The van der Waals surface area contributed by atoms with Crippen molar-refractivity contribution in [1.82, 2.24) is 19.6 Å². The highest BCUT2D eigenvalue weighted by atomic mass is 32.2. The highest BCUT2D eigenvalue weighted by Crippen LogP contribution is 2.30. The number of aromatic amines is 1. The first-order valence-electron chi connectivity index (χ1n) is 11.6. The first kappa shape index (κ1) is 21.9. The number of aryl methyl sites for hydroxylation is 2. The van der Waals surface area contributed by atoms with Crippen LogP contribution in [0.4, 0.5) is 5.82 Å². The summed E-state index contributed by atoms with van der Waals surface area (Å²) in [6.45, 7) is 2.11. The van der Waals surface area contributed by atoms with Gasteiger partial charge in [-0.05, 0) is 49.4 Å². The molecule has 0 bridgehead atoms. The maximum Gasteiger partial charge on any atom is 0.253 e. The molecule has 8 nitrogen and oxygen atoms in total. The number of aromatic nitrogens is 2. The van der Waals surface area contributed by atoms with Crippen LogP contribution >= 0.6 is 0 Å². The Morgan fingerprint density at radius 2 is 1.85 bits per heavy atom. The van der Waals surface area contributed by atoms with Crippen LogP contribution < -0.4 is 10.2 Å². The number of para-hydroxylation sites is 1. The zero-order chi connectivity index (χ0) is 22.8. The number of piperazine rings is 1. The minimum Gasteiger partial charge on any atom is -0.358 e. The van der Waals surface area contributed by atoms with E-state index in [0.717, 1.165) is 36.0 Å². The predicted molar refractivity (Wildman–Crippen MR) is 129 cm³/mol. The molecule has 0 atom stereocenters. The van der Waals surface area contributed by atoms with Gasteiger partial charge < -0.3 is 15.2 Å². The fourth-order valence-electron chi connectivity index (χ4n) is 4.87. The van der Waals surface area contributed by atoms with Gasteiger partial charge in [-0.25, -0.2) is 13.4 Å². The third-order valence-corrected chi connectivity index (χ3v) is 8.50. The summed E-state index contributed by atoms with van der Waals surface area (Å²) in [5, 5.41) is 3.92. The molecule has 33 heavy (non-hydrogen) atoms. The summed E-state index contributed by atoms with van der Waals surface area (Å²) in [5.41, 5.74) is 3.97. The molecular weight excluding hydrogens is 438 g/mol. The molecule has 2 aromatic heterocycles. The van der Waals surface area contributed by atoms with Gasteiger partial charge in [-0.15, -0.1) is 0 Å². The average Bonchev–Trinajstić information content (AvgIpc) is 3.23. The molecule has 2 N–H and O–H groups in total. The summed E-state index contributed by atoms with van der Waals surface area (Å²) in [4.78, 5) is 22.8. The van der Waals surface area contributed by atoms with Crippen molar-refractivity contribution in [3.05, 3.63) is 59.4 Å². The van der Waals surface area contributed by atoms with Gasteiger partial charge in [0.15, 0.2) is 0 Å². The fraction of sp³-hybridized carbons (Fsp3) is 0.417. The minimum atomic E-state index is -3.45. The topological polar surface area (TPSA) is 98.4 Å². The van der Waals surface area contributed by atoms with E-state index in [0.29, 0.717) is 31.7 Å². The Labute approximate surface area is 194 Å². The number of carbonyl (C=O) groups excluding carboxylic acids is 1. The van der Waals surface area contributed by atoms with Crippen molar-refractivity contribution in [3.8, 4) is 0 Å². The zero-order valence-corrected chi connectivity index (χ0v) is 19.4. The number of hydrogen-bond donors (Lipinski definition) is 2. The Morgan fingerprint density at radius 3 is 2.64 bits per heavy atom.